The number of aliphatic hydroxyl groups is 1. The van der Waals surface area contributed by atoms with Crippen molar-refractivity contribution in [2.75, 3.05) is 12.4 Å². The third-order valence-corrected chi connectivity index (χ3v) is 4.42. The second-order valence-electron chi connectivity index (χ2n) is 5.87. The lowest BCUT2D eigenvalue weighted by atomic mass is 10.2. The summed E-state index contributed by atoms with van der Waals surface area (Å²) >= 11 is 0. The van der Waals surface area contributed by atoms with Gasteiger partial charge in [0.15, 0.2) is 0 Å². The van der Waals surface area contributed by atoms with Crippen molar-refractivity contribution in [2.45, 2.75) is 39.3 Å². The summed E-state index contributed by atoms with van der Waals surface area (Å²) in [5.74, 6) is -0.310. The summed E-state index contributed by atoms with van der Waals surface area (Å²) in [6.45, 7) is 4.67. The molecule has 0 unspecified atom stereocenters. The van der Waals surface area contributed by atoms with Crippen molar-refractivity contribution in [2.24, 2.45) is 0 Å². The van der Waals surface area contributed by atoms with Crippen molar-refractivity contribution >= 4 is 16.1 Å². The number of carbonyl (C=O) groups is 1. The molecule has 0 aromatic heterocycles. The zero-order valence-electron chi connectivity index (χ0n) is 13.2. The minimum absolute atomic E-state index is 0.0659. The smallest absolute Gasteiger partial charge is 0.424 e. The van der Waals surface area contributed by atoms with Crippen LogP contribution >= 0.6 is 0 Å². The van der Waals surface area contributed by atoms with E-state index in [9.17, 15) is 13.2 Å². The number of rotatable bonds is 6. The van der Waals surface area contributed by atoms with Gasteiger partial charge in [0.25, 0.3) is 0 Å². The second kappa shape index (κ2) is 7.60. The highest BCUT2D eigenvalue weighted by Crippen LogP contribution is 2.16. The maximum Gasteiger partial charge on any atom is 0.424 e. The highest BCUT2D eigenvalue weighted by Gasteiger charge is 2.31. The Balaban J connectivity index is 3.02. The van der Waals surface area contributed by atoms with Gasteiger partial charge in [-0.2, -0.15) is 4.31 Å². The van der Waals surface area contributed by atoms with Crippen molar-refractivity contribution in [3.63, 3.8) is 0 Å². The first-order valence-corrected chi connectivity index (χ1v) is 8.65. The van der Waals surface area contributed by atoms with Crippen LogP contribution in [0.3, 0.4) is 0 Å². The average molecular weight is 329 g/mol. The molecule has 0 aliphatic rings. The van der Waals surface area contributed by atoms with Crippen LogP contribution in [0.25, 0.3) is 0 Å². The van der Waals surface area contributed by atoms with Gasteiger partial charge in [-0.3, -0.25) is 0 Å². The Bertz CT molecular complexity index is 578. The lowest BCUT2D eigenvalue weighted by molar-refractivity contribution is 0.0381. The molecule has 0 saturated carbocycles. The molecule has 0 heterocycles. The predicted octanol–water partition coefficient (Wildman–Crippen LogP) is 2.14. The quantitative estimate of drug-likeness (QED) is 0.864. The summed E-state index contributed by atoms with van der Waals surface area (Å²) in [5.41, 5.74) is -0.112. The fourth-order valence-corrected chi connectivity index (χ4v) is 3.02. The van der Waals surface area contributed by atoms with Crippen LogP contribution in [0.2, 0.25) is 0 Å². The molecule has 1 rings (SSSR count). The van der Waals surface area contributed by atoms with Crippen LogP contribution in [0.5, 0.6) is 0 Å². The van der Waals surface area contributed by atoms with Crippen molar-refractivity contribution in [1.82, 2.24) is 4.31 Å². The summed E-state index contributed by atoms with van der Waals surface area (Å²) < 4.78 is 30.6. The van der Waals surface area contributed by atoms with Crippen molar-refractivity contribution in [3.05, 3.63) is 35.9 Å². The van der Waals surface area contributed by atoms with Crippen LogP contribution in [0, 0.1) is 0 Å². The molecule has 0 radical (unpaired) electrons. The zero-order valence-corrected chi connectivity index (χ0v) is 14.0. The summed E-state index contributed by atoms with van der Waals surface area (Å²) in [4.78, 5) is 12.2. The second-order valence-corrected chi connectivity index (χ2v) is 7.88. The normalized spacial score (nSPS) is 12.0. The number of sulfonamides is 1. The molecule has 0 spiro atoms. The van der Waals surface area contributed by atoms with Gasteiger partial charge in [-0.1, -0.05) is 30.3 Å². The highest BCUT2D eigenvalue weighted by molar-refractivity contribution is 7.89. The fraction of sp³-hybridized carbons (Fsp3) is 0.533. The first-order valence-electron chi connectivity index (χ1n) is 7.04. The lowest BCUT2D eigenvalue weighted by Crippen LogP contribution is -2.41. The van der Waals surface area contributed by atoms with Crippen LogP contribution in [0.15, 0.2) is 30.3 Å². The van der Waals surface area contributed by atoms with Gasteiger partial charge < -0.3 is 9.84 Å². The standard InChI is InChI=1S/C15H23NO5S/c1-15(2,3)21-14(18)16(22(19,20)11-7-10-17)12-13-8-5-4-6-9-13/h4-6,8-9,17H,7,10-12H2,1-3H3. The first-order chi connectivity index (χ1) is 10.2. The Kier molecular flexibility index (Phi) is 6.37. The van der Waals surface area contributed by atoms with Crippen molar-refractivity contribution < 1.29 is 23.1 Å². The molecular formula is C15H23NO5S. The van der Waals surface area contributed by atoms with Crippen molar-refractivity contribution in [1.29, 1.82) is 0 Å². The van der Waals surface area contributed by atoms with Gasteiger partial charge in [-0.05, 0) is 32.8 Å². The van der Waals surface area contributed by atoms with Crippen molar-refractivity contribution in [3.8, 4) is 0 Å². The van der Waals surface area contributed by atoms with Gasteiger partial charge in [0.2, 0.25) is 10.0 Å². The first kappa shape index (κ1) is 18.4. The number of hydrogen-bond donors (Lipinski definition) is 1. The number of carbonyl (C=O) groups excluding carboxylic acids is 1. The Hall–Kier alpha value is -1.60. The summed E-state index contributed by atoms with van der Waals surface area (Å²) in [6, 6.07) is 8.81. The van der Waals surface area contributed by atoms with Gasteiger partial charge in [0, 0.05) is 6.61 Å². The zero-order chi connectivity index (χ0) is 16.8. The van der Waals surface area contributed by atoms with E-state index < -0.39 is 21.7 Å². The summed E-state index contributed by atoms with van der Waals surface area (Å²) in [7, 11) is -3.86. The third kappa shape index (κ3) is 6.03. The topological polar surface area (TPSA) is 83.9 Å². The molecule has 1 amide bonds. The van der Waals surface area contributed by atoms with E-state index in [4.69, 9.17) is 9.84 Å². The van der Waals surface area contributed by atoms with Gasteiger partial charge in [0.05, 0.1) is 12.3 Å². The molecule has 0 atom stereocenters. The van der Waals surface area contributed by atoms with Crippen LogP contribution in [0.1, 0.15) is 32.8 Å². The van der Waals surface area contributed by atoms with E-state index in [-0.39, 0.29) is 25.3 Å². The van der Waals surface area contributed by atoms with E-state index in [2.05, 4.69) is 0 Å². The molecule has 0 fully saturated rings. The molecule has 0 aliphatic heterocycles. The SMILES string of the molecule is CC(C)(C)OC(=O)N(Cc1ccccc1)S(=O)(=O)CCCO. The molecule has 7 heteroatoms. The molecule has 0 saturated heterocycles. The van der Waals surface area contributed by atoms with E-state index in [0.29, 0.717) is 5.56 Å². The number of hydrogen-bond acceptors (Lipinski definition) is 5. The Morgan fingerprint density at radius 1 is 1.23 bits per heavy atom. The molecule has 6 nitrogen and oxygen atoms in total. The molecule has 0 aliphatic carbocycles. The molecule has 1 aromatic carbocycles. The minimum atomic E-state index is -3.86. The Morgan fingerprint density at radius 3 is 2.32 bits per heavy atom. The lowest BCUT2D eigenvalue weighted by Gasteiger charge is -2.27. The highest BCUT2D eigenvalue weighted by atomic mass is 32.2. The number of benzene rings is 1. The minimum Gasteiger partial charge on any atom is -0.443 e. The van der Waals surface area contributed by atoms with Crippen LogP contribution in [0.4, 0.5) is 4.79 Å². The summed E-state index contributed by atoms with van der Waals surface area (Å²) in [6.07, 6.45) is -0.842. The van der Waals surface area contributed by atoms with Gasteiger partial charge in [0.1, 0.15) is 5.60 Å². The Morgan fingerprint density at radius 2 is 1.82 bits per heavy atom. The van der Waals surface area contributed by atoms with Crippen LogP contribution < -0.4 is 0 Å². The maximum atomic E-state index is 12.3. The average Bonchev–Trinajstić information content (AvgIpc) is 2.41. The maximum absolute atomic E-state index is 12.3. The summed E-state index contributed by atoms with van der Waals surface area (Å²) in [5, 5.41) is 8.83. The Labute approximate surface area is 131 Å². The monoisotopic (exact) mass is 329 g/mol. The molecule has 1 N–H and O–H groups in total. The number of nitrogens with zero attached hydrogens (tertiary/aromatic N) is 1. The molecule has 124 valence electrons. The van der Waals surface area contributed by atoms with Crippen LogP contribution in [-0.4, -0.2) is 41.9 Å². The fourth-order valence-electron chi connectivity index (χ4n) is 1.70. The molecule has 0 bridgehead atoms. The number of aliphatic hydroxyl groups excluding tert-OH is 1. The third-order valence-electron chi connectivity index (χ3n) is 2.66. The van der Waals surface area contributed by atoms with E-state index >= 15 is 0 Å². The van der Waals surface area contributed by atoms with E-state index in [1.807, 2.05) is 6.07 Å². The number of amides is 1. The van der Waals surface area contributed by atoms with E-state index in [1.165, 1.54) is 0 Å². The molecule has 22 heavy (non-hydrogen) atoms. The molecule has 1 aromatic rings. The number of ether oxygens (including phenoxy) is 1. The van der Waals surface area contributed by atoms with Gasteiger partial charge in [-0.25, -0.2) is 13.2 Å². The largest absolute Gasteiger partial charge is 0.443 e. The predicted molar refractivity (Wildman–Crippen MR) is 83.7 cm³/mol. The van der Waals surface area contributed by atoms with E-state index in [1.54, 1.807) is 45.0 Å². The van der Waals surface area contributed by atoms with Crippen LogP contribution in [-0.2, 0) is 21.3 Å². The molecular weight excluding hydrogens is 306 g/mol. The van der Waals surface area contributed by atoms with E-state index in [0.717, 1.165) is 4.31 Å². The van der Waals surface area contributed by atoms with Gasteiger partial charge in [-0.15, -0.1) is 0 Å². The van der Waals surface area contributed by atoms with Gasteiger partial charge >= 0.3 is 6.09 Å².